The van der Waals surface area contributed by atoms with Gasteiger partial charge in [0.15, 0.2) is 5.82 Å². The van der Waals surface area contributed by atoms with Gasteiger partial charge in [0.25, 0.3) is 0 Å². The molecule has 1 N–H and O–H groups in total. The third kappa shape index (κ3) is 4.93. The van der Waals surface area contributed by atoms with Crippen LogP contribution in [0.4, 0.5) is 19.0 Å². The Labute approximate surface area is 275 Å². The van der Waals surface area contributed by atoms with Gasteiger partial charge in [-0.3, -0.25) is 4.90 Å². The Balaban J connectivity index is 1.33. The van der Waals surface area contributed by atoms with Crippen LogP contribution in [-0.4, -0.2) is 75.6 Å². The van der Waals surface area contributed by atoms with Gasteiger partial charge in [0.05, 0.1) is 23.2 Å². The predicted octanol–water partition coefficient (Wildman–Crippen LogP) is 6.05. The molecule has 246 valence electrons. The molecule has 4 aliphatic rings. The van der Waals surface area contributed by atoms with Gasteiger partial charge in [-0.2, -0.15) is 15.2 Å². The van der Waals surface area contributed by atoms with Crippen LogP contribution in [-0.2, 0) is 0 Å². The Morgan fingerprint density at radius 1 is 1.12 bits per heavy atom. The molecule has 2 aromatic heterocycles. The molecule has 8 rings (SSSR count). The smallest absolute Gasteiger partial charge is 0.319 e. The van der Waals surface area contributed by atoms with Crippen LogP contribution in [0.15, 0.2) is 24.3 Å². The van der Waals surface area contributed by atoms with Gasteiger partial charge in [-0.15, -0.1) is 6.42 Å². The second-order valence-electron chi connectivity index (χ2n) is 13.4. The van der Waals surface area contributed by atoms with Crippen LogP contribution < -0.4 is 14.4 Å². The molecule has 4 aliphatic heterocycles. The first-order chi connectivity index (χ1) is 23.3. The standard InChI is InChI=1S/C36H33F3N6O3/c1-2-25-27(38)8-7-21-13-24(46)14-26(28(21)25)31-30(39)32-29-33(43-35(42-32)48-19-36-9-5-10-44(36)17-22(37)15-36)45-11-4-3-6-20(16-40)12-23(45)18-47-34(29)41-31/h1,7-8,13-14,20,22-23,46H,3-6,9-12,15,17-19H2/t20-,22+,23-,36-/m0/s1. The lowest BCUT2D eigenvalue weighted by Crippen LogP contribution is -2.44. The summed E-state index contributed by atoms with van der Waals surface area (Å²) in [5, 5.41) is 21.4. The van der Waals surface area contributed by atoms with Gasteiger partial charge in [0.1, 0.15) is 53.4 Å². The maximum atomic E-state index is 17.1. The number of anilines is 1. The summed E-state index contributed by atoms with van der Waals surface area (Å²) in [5.74, 6) is 0.898. The number of ether oxygens (including phenoxy) is 2. The van der Waals surface area contributed by atoms with Crippen molar-refractivity contribution in [3.8, 4) is 47.3 Å². The van der Waals surface area contributed by atoms with Gasteiger partial charge < -0.3 is 19.5 Å². The summed E-state index contributed by atoms with van der Waals surface area (Å²) in [6.45, 7) is 2.02. The zero-order chi connectivity index (χ0) is 33.2. The molecule has 0 unspecified atom stereocenters. The summed E-state index contributed by atoms with van der Waals surface area (Å²) >= 11 is 0. The van der Waals surface area contributed by atoms with Crippen molar-refractivity contribution in [2.45, 2.75) is 62.7 Å². The number of aromatic hydroxyl groups is 1. The van der Waals surface area contributed by atoms with Gasteiger partial charge >= 0.3 is 6.01 Å². The fraction of sp³-hybridized carbons (Fsp3) is 0.444. The van der Waals surface area contributed by atoms with Crippen LogP contribution in [0.25, 0.3) is 32.9 Å². The van der Waals surface area contributed by atoms with E-state index in [1.54, 1.807) is 0 Å². The molecule has 12 heteroatoms. The second kappa shape index (κ2) is 11.7. The highest BCUT2D eigenvalue weighted by Gasteiger charge is 2.49. The number of fused-ring (bicyclic) bond motifs is 4. The predicted molar refractivity (Wildman–Crippen MR) is 173 cm³/mol. The van der Waals surface area contributed by atoms with E-state index in [1.807, 2.05) is 4.90 Å². The van der Waals surface area contributed by atoms with E-state index in [-0.39, 0.29) is 75.9 Å². The van der Waals surface area contributed by atoms with E-state index in [1.165, 1.54) is 24.3 Å². The largest absolute Gasteiger partial charge is 0.508 e. The molecule has 2 aromatic carbocycles. The number of nitriles is 1. The van der Waals surface area contributed by atoms with Gasteiger partial charge in [-0.05, 0) is 62.2 Å². The number of phenolic OH excluding ortho intramolecular Hbond substituents is 1. The molecule has 0 amide bonds. The number of rotatable bonds is 4. The molecule has 6 heterocycles. The Bertz CT molecular complexity index is 2050. The maximum absolute atomic E-state index is 17.1. The van der Waals surface area contributed by atoms with Gasteiger partial charge in [0, 0.05) is 36.4 Å². The molecular weight excluding hydrogens is 621 g/mol. The van der Waals surface area contributed by atoms with Crippen LogP contribution in [0.3, 0.4) is 0 Å². The summed E-state index contributed by atoms with van der Waals surface area (Å²) in [6, 6.07) is 7.44. The molecule has 48 heavy (non-hydrogen) atoms. The minimum atomic E-state index is -0.952. The minimum absolute atomic E-state index is 0.0648. The van der Waals surface area contributed by atoms with Crippen LogP contribution in [0.2, 0.25) is 0 Å². The highest BCUT2D eigenvalue weighted by Crippen LogP contribution is 2.45. The summed E-state index contributed by atoms with van der Waals surface area (Å²) < 4.78 is 59.1. The molecule has 4 atom stereocenters. The summed E-state index contributed by atoms with van der Waals surface area (Å²) in [6.07, 6.45) is 9.72. The second-order valence-corrected chi connectivity index (χ2v) is 13.4. The van der Waals surface area contributed by atoms with Crippen molar-refractivity contribution in [2.24, 2.45) is 5.92 Å². The van der Waals surface area contributed by atoms with Crippen molar-refractivity contribution < 1.29 is 27.8 Å². The van der Waals surface area contributed by atoms with Crippen molar-refractivity contribution in [2.75, 3.05) is 37.7 Å². The summed E-state index contributed by atoms with van der Waals surface area (Å²) in [7, 11) is 0. The van der Waals surface area contributed by atoms with E-state index in [0.717, 1.165) is 38.6 Å². The number of halogens is 3. The van der Waals surface area contributed by atoms with Crippen molar-refractivity contribution in [1.82, 2.24) is 19.9 Å². The average molecular weight is 655 g/mol. The van der Waals surface area contributed by atoms with E-state index in [0.29, 0.717) is 37.1 Å². The first kappa shape index (κ1) is 30.5. The van der Waals surface area contributed by atoms with Crippen LogP contribution in [0.5, 0.6) is 17.6 Å². The molecule has 0 bridgehead atoms. The minimum Gasteiger partial charge on any atom is -0.508 e. The van der Waals surface area contributed by atoms with Crippen LogP contribution in [0.1, 0.15) is 50.5 Å². The first-order valence-corrected chi connectivity index (χ1v) is 16.4. The lowest BCUT2D eigenvalue weighted by molar-refractivity contribution is 0.107. The lowest BCUT2D eigenvalue weighted by atomic mass is 9.92. The van der Waals surface area contributed by atoms with E-state index >= 15 is 4.39 Å². The normalized spacial score (nSPS) is 25.4. The number of hydrogen-bond acceptors (Lipinski definition) is 9. The quantitative estimate of drug-likeness (QED) is 0.263. The van der Waals surface area contributed by atoms with E-state index < -0.39 is 23.3 Å². The van der Waals surface area contributed by atoms with E-state index in [2.05, 4.69) is 26.9 Å². The molecule has 0 spiro atoms. The highest BCUT2D eigenvalue weighted by atomic mass is 19.1. The number of benzene rings is 2. The fourth-order valence-electron chi connectivity index (χ4n) is 8.22. The molecule has 3 fully saturated rings. The fourth-order valence-corrected chi connectivity index (χ4v) is 8.22. The number of pyridine rings is 1. The van der Waals surface area contributed by atoms with E-state index in [9.17, 15) is 19.1 Å². The summed E-state index contributed by atoms with van der Waals surface area (Å²) in [5.41, 5.74) is -0.878. The van der Waals surface area contributed by atoms with E-state index in [4.69, 9.17) is 20.9 Å². The maximum Gasteiger partial charge on any atom is 0.319 e. The molecule has 3 saturated heterocycles. The van der Waals surface area contributed by atoms with Crippen molar-refractivity contribution in [3.63, 3.8) is 0 Å². The zero-order valence-electron chi connectivity index (χ0n) is 26.2. The van der Waals surface area contributed by atoms with Gasteiger partial charge in [0.2, 0.25) is 5.88 Å². The number of nitrogens with zero attached hydrogens (tertiary/aromatic N) is 6. The molecule has 0 saturated carbocycles. The van der Waals surface area contributed by atoms with Gasteiger partial charge in [-0.25, -0.2) is 18.2 Å². The number of phenols is 1. The zero-order valence-corrected chi connectivity index (χ0v) is 26.2. The Morgan fingerprint density at radius 2 is 2.00 bits per heavy atom. The topological polar surface area (TPSA) is 108 Å². The van der Waals surface area contributed by atoms with Crippen molar-refractivity contribution >= 4 is 27.5 Å². The van der Waals surface area contributed by atoms with Gasteiger partial charge in [-0.1, -0.05) is 18.4 Å². The molecule has 9 nitrogen and oxygen atoms in total. The molecule has 0 radical (unpaired) electrons. The third-order valence-corrected chi connectivity index (χ3v) is 10.5. The average Bonchev–Trinajstić information content (AvgIpc) is 3.55. The van der Waals surface area contributed by atoms with Crippen LogP contribution in [0, 0.1) is 41.2 Å². The third-order valence-electron chi connectivity index (χ3n) is 10.5. The lowest BCUT2D eigenvalue weighted by Gasteiger charge is -2.34. The van der Waals surface area contributed by atoms with Crippen LogP contribution >= 0.6 is 0 Å². The number of aromatic nitrogens is 3. The number of alkyl halides is 1. The SMILES string of the molecule is C#Cc1c(F)ccc2cc(O)cc(-c3nc4c5c(nc(OC[C@@]67CCCN6C[C@H](F)C7)nc5c3F)N3CCCC[C@H](C#N)C[C@H]3CO4)c12. The molecular formula is C36H33F3N6O3. The first-order valence-electron chi connectivity index (χ1n) is 16.4. The number of hydrogen-bond donors (Lipinski definition) is 1. The monoisotopic (exact) mass is 654 g/mol. The Morgan fingerprint density at radius 3 is 2.83 bits per heavy atom. The molecule has 0 aliphatic carbocycles. The molecule has 4 aromatic rings. The Hall–Kier alpha value is -4.81. The van der Waals surface area contributed by atoms with Crippen molar-refractivity contribution in [3.05, 3.63) is 41.5 Å². The highest BCUT2D eigenvalue weighted by molar-refractivity contribution is 6.04. The number of terminal acetylenes is 1. The van der Waals surface area contributed by atoms with Crippen molar-refractivity contribution in [1.29, 1.82) is 5.26 Å². The Kier molecular flexibility index (Phi) is 7.44. The summed E-state index contributed by atoms with van der Waals surface area (Å²) in [4.78, 5) is 18.2.